The summed E-state index contributed by atoms with van der Waals surface area (Å²) in [6, 6.07) is 14.0. The Kier molecular flexibility index (Phi) is 9.30. The number of methoxy groups -OCH3 is 2. The van der Waals surface area contributed by atoms with Crippen molar-refractivity contribution >= 4 is 23.6 Å². The maximum atomic E-state index is 13.0. The van der Waals surface area contributed by atoms with Crippen LogP contribution >= 0.6 is 0 Å². The smallest absolute Gasteiger partial charge is 0.419 e. The van der Waals surface area contributed by atoms with Gasteiger partial charge in [0.25, 0.3) is 0 Å². The molecule has 0 aliphatic rings. The third kappa shape index (κ3) is 7.92. The van der Waals surface area contributed by atoms with Gasteiger partial charge in [-0.1, -0.05) is 37.6 Å². The second kappa shape index (κ2) is 11.9. The van der Waals surface area contributed by atoms with Gasteiger partial charge in [-0.2, -0.15) is 0 Å². The molecule has 2 amide bonds. The zero-order chi connectivity index (χ0) is 22.8. The van der Waals surface area contributed by atoms with Crippen LogP contribution in [0.2, 0.25) is 0 Å². The van der Waals surface area contributed by atoms with Crippen molar-refractivity contribution in [3.8, 4) is 5.75 Å². The third-order valence-electron chi connectivity index (χ3n) is 4.26. The van der Waals surface area contributed by atoms with Crippen LogP contribution in [0.25, 0.3) is 0 Å². The number of hydrogen-bond donors (Lipinski definition) is 1. The van der Waals surface area contributed by atoms with Gasteiger partial charge in [0.15, 0.2) is 6.29 Å². The van der Waals surface area contributed by atoms with Gasteiger partial charge in [-0.05, 0) is 37.1 Å². The predicted octanol–water partition coefficient (Wildman–Crippen LogP) is 4.82. The summed E-state index contributed by atoms with van der Waals surface area (Å²) in [7, 11) is 3.00. The van der Waals surface area contributed by atoms with Gasteiger partial charge in [0.05, 0.1) is 13.2 Å². The molecule has 8 nitrogen and oxygen atoms in total. The zero-order valence-corrected chi connectivity index (χ0v) is 18.6. The lowest BCUT2D eigenvalue weighted by atomic mass is 10.2. The van der Waals surface area contributed by atoms with Crippen LogP contribution in [0.15, 0.2) is 48.5 Å². The first-order chi connectivity index (χ1) is 14.8. The van der Waals surface area contributed by atoms with Crippen molar-refractivity contribution in [3.05, 3.63) is 54.1 Å². The van der Waals surface area contributed by atoms with E-state index in [1.54, 1.807) is 24.3 Å². The van der Waals surface area contributed by atoms with Crippen molar-refractivity contribution < 1.29 is 28.5 Å². The Bertz CT molecular complexity index is 849. The molecule has 168 valence electrons. The third-order valence-corrected chi connectivity index (χ3v) is 4.26. The highest BCUT2D eigenvalue weighted by molar-refractivity contribution is 5.90. The molecule has 0 fully saturated rings. The lowest BCUT2D eigenvalue weighted by molar-refractivity contribution is -0.0943. The molecule has 2 rings (SSSR count). The highest BCUT2D eigenvalue weighted by atomic mass is 16.7. The van der Waals surface area contributed by atoms with Crippen LogP contribution in [-0.4, -0.2) is 45.8 Å². The molecule has 0 aromatic heterocycles. The van der Waals surface area contributed by atoms with Crippen LogP contribution in [0.5, 0.6) is 5.75 Å². The zero-order valence-electron chi connectivity index (χ0n) is 18.6. The standard InChI is InChI=1S/C23H30N2O6/c1-16(2)15-30-22(26)24-18-7-6-8-20(13-18)31-23(27)25(14-21(28-4)29-5)19-11-9-17(3)10-12-19/h6-13,16,21H,14-15H2,1-5H3,(H,24,26). The summed E-state index contributed by atoms with van der Waals surface area (Å²) >= 11 is 0. The Morgan fingerprint density at radius 1 is 1.03 bits per heavy atom. The number of nitrogens with zero attached hydrogens (tertiary/aromatic N) is 1. The second-order valence-corrected chi connectivity index (χ2v) is 7.36. The number of amides is 2. The monoisotopic (exact) mass is 430 g/mol. The molecule has 0 unspecified atom stereocenters. The average Bonchev–Trinajstić information content (AvgIpc) is 2.74. The molecule has 0 saturated heterocycles. The van der Waals surface area contributed by atoms with Crippen LogP contribution in [0.3, 0.4) is 0 Å². The molecule has 0 bridgehead atoms. The highest BCUT2D eigenvalue weighted by Gasteiger charge is 2.22. The number of carbonyl (C=O) groups excluding carboxylic acids is 2. The molecular weight excluding hydrogens is 400 g/mol. The van der Waals surface area contributed by atoms with E-state index in [-0.39, 0.29) is 18.2 Å². The van der Waals surface area contributed by atoms with Gasteiger partial charge in [0, 0.05) is 31.7 Å². The number of rotatable bonds is 9. The maximum absolute atomic E-state index is 13.0. The molecule has 0 aliphatic carbocycles. The molecular formula is C23H30N2O6. The van der Waals surface area contributed by atoms with E-state index >= 15 is 0 Å². The summed E-state index contributed by atoms with van der Waals surface area (Å²) in [5.41, 5.74) is 2.16. The van der Waals surface area contributed by atoms with Crippen molar-refractivity contribution in [2.75, 3.05) is 37.6 Å². The van der Waals surface area contributed by atoms with E-state index in [0.29, 0.717) is 18.0 Å². The first kappa shape index (κ1) is 24.2. The second-order valence-electron chi connectivity index (χ2n) is 7.36. The summed E-state index contributed by atoms with van der Waals surface area (Å²) in [4.78, 5) is 26.3. The molecule has 0 saturated carbocycles. The molecule has 2 aromatic carbocycles. The predicted molar refractivity (Wildman–Crippen MR) is 119 cm³/mol. The van der Waals surface area contributed by atoms with E-state index in [9.17, 15) is 9.59 Å². The SMILES string of the molecule is COC(CN(C(=O)Oc1cccc(NC(=O)OCC(C)C)c1)c1ccc(C)cc1)OC. The fourth-order valence-electron chi connectivity index (χ4n) is 2.59. The van der Waals surface area contributed by atoms with Crippen LogP contribution in [0.4, 0.5) is 21.0 Å². The van der Waals surface area contributed by atoms with E-state index in [1.165, 1.54) is 19.1 Å². The number of hydrogen-bond acceptors (Lipinski definition) is 6. The highest BCUT2D eigenvalue weighted by Crippen LogP contribution is 2.22. The lowest BCUT2D eigenvalue weighted by Crippen LogP contribution is -2.40. The van der Waals surface area contributed by atoms with Crippen molar-refractivity contribution in [1.29, 1.82) is 0 Å². The molecule has 0 heterocycles. The van der Waals surface area contributed by atoms with Crippen molar-refractivity contribution in [1.82, 2.24) is 0 Å². The van der Waals surface area contributed by atoms with Crippen molar-refractivity contribution in [3.63, 3.8) is 0 Å². The Balaban J connectivity index is 2.13. The van der Waals surface area contributed by atoms with Gasteiger partial charge >= 0.3 is 12.2 Å². The summed E-state index contributed by atoms with van der Waals surface area (Å²) in [5.74, 6) is 0.504. The minimum atomic E-state index is -0.627. The molecule has 31 heavy (non-hydrogen) atoms. The summed E-state index contributed by atoms with van der Waals surface area (Å²) in [5, 5.41) is 2.62. The van der Waals surface area contributed by atoms with Crippen LogP contribution in [0, 0.1) is 12.8 Å². The minimum absolute atomic E-state index is 0.133. The molecule has 8 heteroatoms. The number of aryl methyl sites for hydroxylation is 1. The van der Waals surface area contributed by atoms with Gasteiger partial charge in [-0.3, -0.25) is 10.2 Å². The van der Waals surface area contributed by atoms with E-state index in [4.69, 9.17) is 18.9 Å². The van der Waals surface area contributed by atoms with Crippen molar-refractivity contribution in [2.24, 2.45) is 5.92 Å². The van der Waals surface area contributed by atoms with Gasteiger partial charge in [0.1, 0.15) is 5.75 Å². The molecule has 1 N–H and O–H groups in total. The average molecular weight is 431 g/mol. The summed E-state index contributed by atoms with van der Waals surface area (Å²) < 4.78 is 21.2. The Morgan fingerprint density at radius 2 is 1.71 bits per heavy atom. The number of nitrogens with one attached hydrogen (secondary N) is 1. The van der Waals surface area contributed by atoms with Crippen LogP contribution in [-0.2, 0) is 14.2 Å². The van der Waals surface area contributed by atoms with Gasteiger partial charge < -0.3 is 18.9 Å². The first-order valence-corrected chi connectivity index (χ1v) is 9.97. The van der Waals surface area contributed by atoms with E-state index < -0.39 is 18.5 Å². The first-order valence-electron chi connectivity index (χ1n) is 9.97. The van der Waals surface area contributed by atoms with Crippen molar-refractivity contribution in [2.45, 2.75) is 27.1 Å². The lowest BCUT2D eigenvalue weighted by Gasteiger charge is -2.25. The fourth-order valence-corrected chi connectivity index (χ4v) is 2.59. The minimum Gasteiger partial charge on any atom is -0.449 e. The number of benzene rings is 2. The van der Waals surface area contributed by atoms with E-state index in [0.717, 1.165) is 5.56 Å². The Morgan fingerprint density at radius 3 is 2.32 bits per heavy atom. The number of carbonyl (C=O) groups is 2. The number of anilines is 2. The van der Waals surface area contributed by atoms with Gasteiger partial charge in [0.2, 0.25) is 0 Å². The molecule has 0 spiro atoms. The summed E-state index contributed by atoms with van der Waals surface area (Å²) in [6.07, 6.45) is -1.80. The normalized spacial score (nSPS) is 10.8. The summed E-state index contributed by atoms with van der Waals surface area (Å²) in [6.45, 7) is 6.31. The molecule has 0 aliphatic heterocycles. The quantitative estimate of drug-likeness (QED) is 0.574. The Hall–Kier alpha value is -3.10. The van der Waals surface area contributed by atoms with Crippen LogP contribution in [0.1, 0.15) is 19.4 Å². The Labute approximate surface area is 183 Å². The van der Waals surface area contributed by atoms with E-state index in [1.807, 2.05) is 45.0 Å². The maximum Gasteiger partial charge on any atom is 0.419 e. The van der Waals surface area contributed by atoms with Crippen LogP contribution < -0.4 is 15.0 Å². The molecule has 0 atom stereocenters. The van der Waals surface area contributed by atoms with Gasteiger partial charge in [-0.15, -0.1) is 0 Å². The topological polar surface area (TPSA) is 86.3 Å². The van der Waals surface area contributed by atoms with E-state index in [2.05, 4.69) is 5.32 Å². The molecule has 0 radical (unpaired) electrons. The number of ether oxygens (including phenoxy) is 4. The van der Waals surface area contributed by atoms with Gasteiger partial charge in [-0.25, -0.2) is 9.59 Å². The fraction of sp³-hybridized carbons (Fsp3) is 0.391. The largest absolute Gasteiger partial charge is 0.449 e. The molecule has 2 aromatic rings.